The predicted octanol–water partition coefficient (Wildman–Crippen LogP) is 3.49. The van der Waals surface area contributed by atoms with Crippen LogP contribution in [0.25, 0.3) is 10.8 Å². The first-order valence-corrected chi connectivity index (χ1v) is 11.1. The van der Waals surface area contributed by atoms with Crippen LogP contribution in [0.5, 0.6) is 0 Å². The Kier molecular flexibility index (Phi) is 7.95. The second-order valence-corrected chi connectivity index (χ2v) is 7.70. The van der Waals surface area contributed by atoms with Gasteiger partial charge in [-0.2, -0.15) is 5.10 Å². The zero-order valence-corrected chi connectivity index (χ0v) is 18.7. The number of nitrogens with one attached hydrogen (secondary N) is 1. The van der Waals surface area contributed by atoms with Crippen LogP contribution in [0.2, 0.25) is 0 Å². The van der Waals surface area contributed by atoms with E-state index in [-0.39, 0.29) is 17.5 Å². The van der Waals surface area contributed by atoms with Crippen molar-refractivity contribution in [3.05, 3.63) is 76.2 Å². The number of nitrogens with zero attached hydrogens (tertiary/aromatic N) is 3. The van der Waals surface area contributed by atoms with Gasteiger partial charge in [-0.1, -0.05) is 69.3 Å². The summed E-state index contributed by atoms with van der Waals surface area (Å²) in [6, 6.07) is 17.7. The second kappa shape index (κ2) is 10.9. The Labute approximate surface area is 183 Å². The average Bonchev–Trinajstić information content (AvgIpc) is 2.80. The van der Waals surface area contributed by atoms with E-state index in [0.717, 1.165) is 25.9 Å². The summed E-state index contributed by atoms with van der Waals surface area (Å²) in [5.74, 6) is -0.244. The summed E-state index contributed by atoms with van der Waals surface area (Å²) in [5.41, 5.74) is 1.40. The topological polar surface area (TPSA) is 67.2 Å². The zero-order chi connectivity index (χ0) is 22.2. The Hall–Kier alpha value is -2.99. The predicted molar refractivity (Wildman–Crippen MR) is 125 cm³/mol. The minimum absolute atomic E-state index is 0.154. The molecular formula is C25H32N4O2. The Morgan fingerprint density at radius 3 is 2.29 bits per heavy atom. The third kappa shape index (κ3) is 5.39. The maximum atomic E-state index is 13.2. The molecule has 0 saturated carbocycles. The molecule has 164 valence electrons. The summed E-state index contributed by atoms with van der Waals surface area (Å²) in [5, 5.41) is 8.63. The van der Waals surface area contributed by atoms with Crippen molar-refractivity contribution in [1.29, 1.82) is 0 Å². The van der Waals surface area contributed by atoms with Gasteiger partial charge < -0.3 is 5.32 Å². The molecular weight excluding hydrogens is 388 g/mol. The van der Waals surface area contributed by atoms with E-state index in [9.17, 15) is 9.59 Å². The maximum absolute atomic E-state index is 13.2. The van der Waals surface area contributed by atoms with E-state index in [1.54, 1.807) is 12.1 Å². The van der Waals surface area contributed by atoms with Crippen molar-refractivity contribution in [2.75, 3.05) is 19.6 Å². The number of rotatable bonds is 10. The molecule has 0 saturated heterocycles. The average molecular weight is 421 g/mol. The van der Waals surface area contributed by atoms with E-state index in [4.69, 9.17) is 0 Å². The fourth-order valence-electron chi connectivity index (χ4n) is 4.02. The molecule has 3 aromatic rings. The zero-order valence-electron chi connectivity index (χ0n) is 18.7. The molecule has 0 spiro atoms. The molecule has 0 radical (unpaired) electrons. The summed E-state index contributed by atoms with van der Waals surface area (Å²) < 4.78 is 1.41. The van der Waals surface area contributed by atoms with Gasteiger partial charge in [0.05, 0.1) is 5.39 Å². The number of benzene rings is 2. The standard InChI is InChI=1S/C25H32N4O2/c1-4-16-29-25(31)22-15-11-10-14-21(22)23(27-29)24(30)26-18-20(28(5-2)6-3)17-19-12-8-7-9-13-19/h7-15,20H,4-6,16-18H2,1-3H3,(H,26,30). The van der Waals surface area contributed by atoms with E-state index < -0.39 is 0 Å². The molecule has 1 aromatic heterocycles. The van der Waals surface area contributed by atoms with Crippen molar-refractivity contribution < 1.29 is 4.79 Å². The smallest absolute Gasteiger partial charge is 0.274 e. The Bertz CT molecular complexity index is 1060. The van der Waals surface area contributed by atoms with Gasteiger partial charge in [-0.25, -0.2) is 4.68 Å². The van der Waals surface area contributed by atoms with Gasteiger partial charge in [0, 0.05) is 24.5 Å². The van der Waals surface area contributed by atoms with Gasteiger partial charge in [0.25, 0.3) is 11.5 Å². The quantitative estimate of drug-likeness (QED) is 0.545. The normalized spacial score (nSPS) is 12.3. The van der Waals surface area contributed by atoms with Crippen molar-refractivity contribution in [3.8, 4) is 0 Å². The van der Waals surface area contributed by atoms with Gasteiger partial charge in [-0.3, -0.25) is 14.5 Å². The van der Waals surface area contributed by atoms with Crippen molar-refractivity contribution in [2.45, 2.75) is 46.2 Å². The monoisotopic (exact) mass is 420 g/mol. The largest absolute Gasteiger partial charge is 0.349 e. The van der Waals surface area contributed by atoms with Gasteiger partial charge in [-0.05, 0) is 37.6 Å². The van der Waals surface area contributed by atoms with Crippen LogP contribution in [0.15, 0.2) is 59.4 Å². The molecule has 1 unspecified atom stereocenters. The van der Waals surface area contributed by atoms with Crippen LogP contribution < -0.4 is 10.9 Å². The fourth-order valence-corrected chi connectivity index (χ4v) is 4.02. The highest BCUT2D eigenvalue weighted by Crippen LogP contribution is 2.14. The summed E-state index contributed by atoms with van der Waals surface area (Å²) in [7, 11) is 0. The van der Waals surface area contributed by atoms with Crippen molar-refractivity contribution in [3.63, 3.8) is 0 Å². The number of hydrogen-bond donors (Lipinski definition) is 1. The fraction of sp³-hybridized carbons (Fsp3) is 0.400. The summed E-state index contributed by atoms with van der Waals surface area (Å²) in [6.45, 7) is 9.08. The summed E-state index contributed by atoms with van der Waals surface area (Å²) >= 11 is 0. The number of likely N-dealkylation sites (N-methyl/N-ethyl adjacent to an activating group) is 1. The van der Waals surface area contributed by atoms with Crippen LogP contribution in [-0.4, -0.2) is 46.3 Å². The Morgan fingerprint density at radius 2 is 1.65 bits per heavy atom. The SMILES string of the molecule is CCCn1nc(C(=O)NCC(Cc2ccccc2)N(CC)CC)c2ccccc2c1=O. The van der Waals surface area contributed by atoms with Crippen LogP contribution in [-0.2, 0) is 13.0 Å². The number of carbonyl (C=O) groups is 1. The first-order valence-electron chi connectivity index (χ1n) is 11.1. The summed E-state index contributed by atoms with van der Waals surface area (Å²) in [6.07, 6.45) is 1.62. The minimum Gasteiger partial charge on any atom is -0.349 e. The van der Waals surface area contributed by atoms with Crippen LogP contribution in [0.1, 0.15) is 43.2 Å². The highest BCUT2D eigenvalue weighted by molar-refractivity contribution is 6.04. The third-order valence-electron chi connectivity index (χ3n) is 5.66. The second-order valence-electron chi connectivity index (χ2n) is 7.70. The molecule has 0 aliphatic heterocycles. The lowest BCUT2D eigenvalue weighted by Gasteiger charge is -2.30. The lowest BCUT2D eigenvalue weighted by atomic mass is 10.0. The molecule has 1 atom stereocenters. The van der Waals surface area contributed by atoms with Gasteiger partial charge >= 0.3 is 0 Å². The number of carbonyl (C=O) groups excluding carboxylic acids is 1. The van der Waals surface area contributed by atoms with Crippen LogP contribution in [0.4, 0.5) is 0 Å². The molecule has 0 aliphatic rings. The number of hydrogen-bond acceptors (Lipinski definition) is 4. The van der Waals surface area contributed by atoms with Gasteiger partial charge in [0.15, 0.2) is 5.69 Å². The molecule has 1 N–H and O–H groups in total. The number of fused-ring (bicyclic) bond motifs is 1. The van der Waals surface area contributed by atoms with Crippen molar-refractivity contribution >= 4 is 16.7 Å². The lowest BCUT2D eigenvalue weighted by molar-refractivity contribution is 0.0929. The maximum Gasteiger partial charge on any atom is 0.274 e. The Balaban J connectivity index is 1.86. The van der Waals surface area contributed by atoms with Crippen molar-refractivity contribution in [1.82, 2.24) is 20.0 Å². The molecule has 0 fully saturated rings. The molecule has 1 heterocycles. The van der Waals surface area contributed by atoms with E-state index >= 15 is 0 Å². The molecule has 2 aromatic carbocycles. The van der Waals surface area contributed by atoms with Crippen LogP contribution in [0, 0.1) is 0 Å². The van der Waals surface area contributed by atoms with Crippen molar-refractivity contribution in [2.24, 2.45) is 0 Å². The third-order valence-corrected chi connectivity index (χ3v) is 5.66. The molecule has 0 aliphatic carbocycles. The van der Waals surface area contributed by atoms with Crippen LogP contribution >= 0.6 is 0 Å². The van der Waals surface area contributed by atoms with Gasteiger partial charge in [0.1, 0.15) is 0 Å². The molecule has 3 rings (SSSR count). The first-order chi connectivity index (χ1) is 15.1. The minimum atomic E-state index is -0.244. The van der Waals surface area contributed by atoms with Gasteiger partial charge in [-0.15, -0.1) is 0 Å². The Morgan fingerprint density at radius 1 is 1.00 bits per heavy atom. The first kappa shape index (κ1) is 22.7. The molecule has 1 amide bonds. The molecule has 31 heavy (non-hydrogen) atoms. The summed E-state index contributed by atoms with van der Waals surface area (Å²) in [4.78, 5) is 28.2. The lowest BCUT2D eigenvalue weighted by Crippen LogP contribution is -2.45. The number of amides is 1. The number of aryl methyl sites for hydroxylation is 1. The van der Waals surface area contributed by atoms with E-state index in [1.807, 2.05) is 37.3 Å². The number of aromatic nitrogens is 2. The highest BCUT2D eigenvalue weighted by Gasteiger charge is 2.20. The molecule has 6 heteroatoms. The molecule has 0 bridgehead atoms. The van der Waals surface area contributed by atoms with Gasteiger partial charge in [0.2, 0.25) is 0 Å². The van der Waals surface area contributed by atoms with E-state index in [2.05, 4.69) is 41.3 Å². The van der Waals surface area contributed by atoms with E-state index in [1.165, 1.54) is 10.2 Å². The highest BCUT2D eigenvalue weighted by atomic mass is 16.2. The molecule has 6 nitrogen and oxygen atoms in total. The van der Waals surface area contributed by atoms with Crippen LogP contribution in [0.3, 0.4) is 0 Å². The van der Waals surface area contributed by atoms with E-state index in [0.29, 0.717) is 29.6 Å².